The van der Waals surface area contributed by atoms with Crippen molar-refractivity contribution in [3.05, 3.63) is 134 Å². The number of hydrogen-bond donors (Lipinski definition) is 0. The molecule has 48 heavy (non-hydrogen) atoms. The molecule has 0 spiro atoms. The van der Waals surface area contributed by atoms with Gasteiger partial charge in [-0.3, -0.25) is 4.98 Å². The predicted molar refractivity (Wildman–Crippen MR) is 190 cm³/mol. The lowest BCUT2D eigenvalue weighted by Gasteiger charge is -2.11. The molecule has 6 nitrogen and oxygen atoms in total. The summed E-state index contributed by atoms with van der Waals surface area (Å²) in [7, 11) is 0. The second kappa shape index (κ2) is 9.44. The van der Waals surface area contributed by atoms with Gasteiger partial charge >= 0.3 is 0 Å². The van der Waals surface area contributed by atoms with Crippen molar-refractivity contribution in [3.63, 3.8) is 0 Å². The second-order valence-corrected chi connectivity index (χ2v) is 12.2. The van der Waals surface area contributed by atoms with E-state index >= 15 is 0 Å². The number of nitrogens with zero attached hydrogens (tertiary/aromatic N) is 4. The smallest absolute Gasteiger partial charge is 0.183 e. The number of para-hydroxylation sites is 2. The van der Waals surface area contributed by atoms with Crippen LogP contribution in [-0.2, 0) is 0 Å². The summed E-state index contributed by atoms with van der Waals surface area (Å²) in [6.07, 6.45) is 1.75. The van der Waals surface area contributed by atoms with Gasteiger partial charge in [0.15, 0.2) is 17.5 Å². The molecule has 0 N–H and O–H groups in total. The number of furan rings is 2. The van der Waals surface area contributed by atoms with Crippen molar-refractivity contribution in [2.45, 2.75) is 0 Å². The number of hydrogen-bond acceptors (Lipinski definition) is 6. The minimum Gasteiger partial charge on any atom is -0.456 e. The zero-order valence-electron chi connectivity index (χ0n) is 25.3. The molecule has 0 fully saturated rings. The zero-order chi connectivity index (χ0) is 31.3. The number of pyridine rings is 1. The van der Waals surface area contributed by atoms with E-state index in [9.17, 15) is 0 Å². The molecule has 0 radical (unpaired) electrons. The van der Waals surface area contributed by atoms with Crippen molar-refractivity contribution in [1.82, 2.24) is 19.9 Å². The first-order valence-corrected chi connectivity index (χ1v) is 15.9. The van der Waals surface area contributed by atoms with Gasteiger partial charge in [0.25, 0.3) is 0 Å². The number of aromatic nitrogens is 4. The maximum Gasteiger partial charge on any atom is 0.183 e. The Balaban J connectivity index is 1.20. The third-order valence-electron chi connectivity index (χ3n) is 9.54. The summed E-state index contributed by atoms with van der Waals surface area (Å²) in [5.41, 5.74) is 10.4. The standard InChI is InChI=1S/C42H22N4O2/c1-3-15-32-28(10-1)37-30(14-7-17-34(37)47-32)41-44-40(24-18-19-25-26-12-5-8-23-9-6-13-27(36(23)26)31(25)22-24)45-42(46-41)39-38-29-11-2-4-16-33(29)48-35(38)20-21-43-39/h1-22H. The fourth-order valence-electron chi connectivity index (χ4n) is 7.46. The first-order chi connectivity index (χ1) is 23.8. The van der Waals surface area contributed by atoms with E-state index in [1.807, 2.05) is 60.7 Å². The van der Waals surface area contributed by atoms with Crippen LogP contribution in [0.2, 0.25) is 0 Å². The van der Waals surface area contributed by atoms with Gasteiger partial charge in [0.2, 0.25) is 0 Å². The minimum absolute atomic E-state index is 0.475. The molecule has 0 unspecified atom stereocenters. The van der Waals surface area contributed by atoms with Gasteiger partial charge in [0, 0.05) is 33.5 Å². The Morgan fingerprint density at radius 2 is 1.02 bits per heavy atom. The molecule has 0 atom stereocenters. The Labute approximate surface area is 273 Å². The monoisotopic (exact) mass is 614 g/mol. The Morgan fingerprint density at radius 3 is 1.83 bits per heavy atom. The van der Waals surface area contributed by atoms with E-state index in [1.54, 1.807) is 6.20 Å². The molecule has 10 aromatic rings. The Hall–Kier alpha value is -6.66. The van der Waals surface area contributed by atoms with E-state index in [0.29, 0.717) is 23.2 Å². The molecule has 0 bridgehead atoms. The van der Waals surface area contributed by atoms with Gasteiger partial charge in [-0.05, 0) is 63.4 Å². The highest BCUT2D eigenvalue weighted by Gasteiger charge is 2.24. The Morgan fingerprint density at radius 1 is 0.396 bits per heavy atom. The summed E-state index contributed by atoms with van der Waals surface area (Å²) in [4.78, 5) is 20.3. The van der Waals surface area contributed by atoms with Gasteiger partial charge < -0.3 is 8.83 Å². The van der Waals surface area contributed by atoms with Crippen LogP contribution in [0.1, 0.15) is 0 Å². The maximum atomic E-state index is 6.25. The lowest BCUT2D eigenvalue weighted by Crippen LogP contribution is -2.02. The molecular formula is C42H22N4O2. The van der Waals surface area contributed by atoms with Crippen molar-refractivity contribution in [2.24, 2.45) is 0 Å². The van der Waals surface area contributed by atoms with E-state index in [1.165, 1.54) is 33.0 Å². The summed E-state index contributed by atoms with van der Waals surface area (Å²) < 4.78 is 12.5. The highest BCUT2D eigenvalue weighted by molar-refractivity contribution is 6.16. The van der Waals surface area contributed by atoms with Gasteiger partial charge in [-0.1, -0.05) is 97.1 Å². The first-order valence-electron chi connectivity index (χ1n) is 15.9. The first kappa shape index (κ1) is 25.5. The largest absolute Gasteiger partial charge is 0.456 e. The Kier molecular flexibility index (Phi) is 5.02. The lowest BCUT2D eigenvalue weighted by molar-refractivity contribution is 0.668. The van der Waals surface area contributed by atoms with Crippen LogP contribution >= 0.6 is 0 Å². The molecule has 1 aliphatic rings. The molecule has 0 saturated heterocycles. The Bertz CT molecular complexity index is 2840. The van der Waals surface area contributed by atoms with Crippen LogP contribution in [0.25, 0.3) is 111 Å². The molecule has 6 heteroatoms. The van der Waals surface area contributed by atoms with Crippen LogP contribution < -0.4 is 0 Å². The van der Waals surface area contributed by atoms with Gasteiger partial charge in [0.05, 0.1) is 5.39 Å². The average molecular weight is 615 g/mol. The molecule has 1 aliphatic carbocycles. The van der Waals surface area contributed by atoms with E-state index in [-0.39, 0.29) is 0 Å². The summed E-state index contributed by atoms with van der Waals surface area (Å²) in [6, 6.07) is 43.5. The average Bonchev–Trinajstić information content (AvgIpc) is 3.82. The van der Waals surface area contributed by atoms with Gasteiger partial charge in [-0.2, -0.15) is 0 Å². The van der Waals surface area contributed by atoms with E-state index in [2.05, 4.69) is 66.7 Å². The normalized spacial score (nSPS) is 12.2. The van der Waals surface area contributed by atoms with E-state index < -0.39 is 0 Å². The van der Waals surface area contributed by atoms with E-state index in [4.69, 9.17) is 28.8 Å². The minimum atomic E-state index is 0.475. The topological polar surface area (TPSA) is 77.8 Å². The van der Waals surface area contributed by atoms with Crippen LogP contribution in [0.15, 0.2) is 142 Å². The fourth-order valence-corrected chi connectivity index (χ4v) is 7.46. The van der Waals surface area contributed by atoms with Crippen LogP contribution in [0.4, 0.5) is 0 Å². The molecule has 222 valence electrons. The molecule has 4 aromatic heterocycles. The SMILES string of the molecule is c1cc2c3c(cccc3c1)-c1cc(-c3nc(-c4cccc5oc6ccccc6c45)nc(-c4nccc5oc6ccccc6c45)n3)ccc1-2. The summed E-state index contributed by atoms with van der Waals surface area (Å²) in [5.74, 6) is 1.59. The van der Waals surface area contributed by atoms with Crippen molar-refractivity contribution >= 4 is 54.6 Å². The van der Waals surface area contributed by atoms with Crippen molar-refractivity contribution < 1.29 is 8.83 Å². The van der Waals surface area contributed by atoms with E-state index in [0.717, 1.165) is 55.0 Å². The molecule has 0 aliphatic heterocycles. The number of benzene rings is 6. The maximum absolute atomic E-state index is 6.25. The third-order valence-corrected chi connectivity index (χ3v) is 9.54. The summed E-state index contributed by atoms with van der Waals surface area (Å²) in [6.45, 7) is 0. The number of rotatable bonds is 3. The van der Waals surface area contributed by atoms with Crippen molar-refractivity contribution in [1.29, 1.82) is 0 Å². The fraction of sp³-hybridized carbons (Fsp3) is 0. The van der Waals surface area contributed by atoms with Crippen LogP contribution in [0.3, 0.4) is 0 Å². The zero-order valence-corrected chi connectivity index (χ0v) is 25.3. The van der Waals surface area contributed by atoms with Gasteiger partial charge in [0.1, 0.15) is 28.0 Å². The van der Waals surface area contributed by atoms with Crippen molar-refractivity contribution in [2.75, 3.05) is 0 Å². The van der Waals surface area contributed by atoms with Crippen molar-refractivity contribution in [3.8, 4) is 56.5 Å². The third kappa shape index (κ3) is 3.51. The quantitative estimate of drug-likeness (QED) is 0.197. The highest BCUT2D eigenvalue weighted by atomic mass is 16.3. The molecule has 11 rings (SSSR count). The molecule has 6 aromatic carbocycles. The second-order valence-electron chi connectivity index (χ2n) is 12.2. The lowest BCUT2D eigenvalue weighted by atomic mass is 10.0. The molecule has 0 saturated carbocycles. The predicted octanol–water partition coefficient (Wildman–Crippen LogP) is 10.9. The molecular weight excluding hydrogens is 592 g/mol. The molecule has 4 heterocycles. The van der Waals surface area contributed by atoms with Crippen LogP contribution in [-0.4, -0.2) is 19.9 Å². The summed E-state index contributed by atoms with van der Waals surface area (Å²) in [5, 5.41) is 6.33. The van der Waals surface area contributed by atoms with Crippen LogP contribution in [0.5, 0.6) is 0 Å². The highest BCUT2D eigenvalue weighted by Crippen LogP contribution is 2.48. The van der Waals surface area contributed by atoms with Crippen LogP contribution in [0, 0.1) is 0 Å². The van der Waals surface area contributed by atoms with Gasteiger partial charge in [-0.15, -0.1) is 0 Å². The molecule has 0 amide bonds. The summed E-state index contributed by atoms with van der Waals surface area (Å²) >= 11 is 0. The number of fused-ring (bicyclic) bond motifs is 9. The van der Waals surface area contributed by atoms with Gasteiger partial charge in [-0.25, -0.2) is 15.0 Å².